The molecule has 0 aromatic heterocycles. The Labute approximate surface area is 206 Å². The van der Waals surface area contributed by atoms with Crippen molar-refractivity contribution in [2.75, 3.05) is 20.6 Å². The molecule has 2 bridgehead atoms. The fourth-order valence-corrected chi connectivity index (χ4v) is 7.66. The highest BCUT2D eigenvalue weighted by atomic mass is 16.5. The minimum Gasteiger partial charge on any atom is -0.504 e. The van der Waals surface area contributed by atoms with Crippen LogP contribution >= 0.6 is 0 Å². The number of hydrogen-bond acceptors (Lipinski definition) is 5. The quantitative estimate of drug-likeness (QED) is 0.625. The molecule has 2 aromatic carbocycles. The van der Waals surface area contributed by atoms with Crippen molar-refractivity contribution in [2.24, 2.45) is 5.92 Å². The molecule has 2 heterocycles. The average molecular weight is 473 g/mol. The molecule has 2 N–H and O–H groups in total. The minimum atomic E-state index is -0.996. The van der Waals surface area contributed by atoms with E-state index >= 15 is 0 Å². The number of aliphatic hydroxyl groups is 1. The van der Waals surface area contributed by atoms with E-state index in [2.05, 4.69) is 30.7 Å². The number of piperidine rings is 1. The van der Waals surface area contributed by atoms with Gasteiger partial charge in [0, 0.05) is 30.1 Å². The van der Waals surface area contributed by atoms with Crippen molar-refractivity contribution >= 4 is 5.91 Å². The van der Waals surface area contributed by atoms with Crippen LogP contribution in [0.3, 0.4) is 0 Å². The number of likely N-dealkylation sites (N-methyl/N-ethyl adjacent to an activating group) is 2. The van der Waals surface area contributed by atoms with Gasteiger partial charge in [-0.2, -0.15) is 0 Å². The Morgan fingerprint density at radius 2 is 2.09 bits per heavy atom. The van der Waals surface area contributed by atoms with Crippen LogP contribution in [0.2, 0.25) is 0 Å². The molecular weight excluding hydrogens is 440 g/mol. The number of amides is 1. The standard InChI is InChI=1S/C29H32N2O4/c1-17-6-5-7-19(14-17)8-11-23(33)31(4)25-18(2)16-29(34)22-15-20-9-10-21(32)26-24(20)28(29,27(25)35-26)12-13-30(22)3/h5-7,9-10,14,18,22,25,27,32,34H,12-13,15-16H2,1-4H3/t18-,22-,25+,27+,28+,29-/m1/s1. The summed E-state index contributed by atoms with van der Waals surface area (Å²) in [5.74, 6) is 6.14. The SMILES string of the molecule is Cc1cccc(C#CC(=O)N(C)[C@H]2[C@H](C)C[C@@]3(O)[C@H]4Cc5ccc(O)c6c5[C@@]3(CCN4C)[C@H]2O6)c1. The number of carbonyl (C=O) groups excluding carboxylic acids is 1. The Kier molecular flexibility index (Phi) is 4.81. The van der Waals surface area contributed by atoms with Crippen LogP contribution in [0.4, 0.5) is 0 Å². The summed E-state index contributed by atoms with van der Waals surface area (Å²) in [6.07, 6.45) is 1.54. The lowest BCUT2D eigenvalue weighted by atomic mass is 9.47. The van der Waals surface area contributed by atoms with Crippen LogP contribution in [0.25, 0.3) is 0 Å². The molecule has 2 aliphatic heterocycles. The molecule has 35 heavy (non-hydrogen) atoms. The number of carbonyl (C=O) groups is 1. The maximum Gasteiger partial charge on any atom is 0.298 e. The number of ether oxygens (including phenoxy) is 1. The molecular formula is C29H32N2O4. The Bertz CT molecular complexity index is 1300. The van der Waals surface area contributed by atoms with Gasteiger partial charge < -0.3 is 24.7 Å². The third-order valence-corrected chi connectivity index (χ3v) is 9.15. The number of aromatic hydroxyl groups is 1. The molecule has 2 aliphatic carbocycles. The Hall–Kier alpha value is -3.01. The van der Waals surface area contributed by atoms with E-state index < -0.39 is 17.1 Å². The van der Waals surface area contributed by atoms with Crippen molar-refractivity contribution in [3.05, 3.63) is 58.7 Å². The van der Waals surface area contributed by atoms with E-state index in [1.54, 1.807) is 18.0 Å². The number of phenolic OH excluding ortho intramolecular Hbond substituents is 1. The first kappa shape index (κ1) is 22.5. The summed E-state index contributed by atoms with van der Waals surface area (Å²) in [6, 6.07) is 11.2. The fourth-order valence-electron chi connectivity index (χ4n) is 7.66. The molecule has 6 rings (SSSR count). The predicted molar refractivity (Wildman–Crippen MR) is 132 cm³/mol. The molecule has 182 valence electrons. The van der Waals surface area contributed by atoms with Gasteiger partial charge >= 0.3 is 0 Å². The zero-order valence-corrected chi connectivity index (χ0v) is 20.7. The molecule has 0 unspecified atom stereocenters. The predicted octanol–water partition coefficient (Wildman–Crippen LogP) is 2.61. The maximum atomic E-state index is 13.3. The first-order valence-corrected chi connectivity index (χ1v) is 12.5. The molecule has 6 atom stereocenters. The van der Waals surface area contributed by atoms with Crippen LogP contribution in [0, 0.1) is 24.7 Å². The molecule has 6 heteroatoms. The van der Waals surface area contributed by atoms with Crippen LogP contribution in [-0.2, 0) is 16.6 Å². The van der Waals surface area contributed by atoms with Gasteiger partial charge in [0.05, 0.1) is 17.1 Å². The monoisotopic (exact) mass is 472 g/mol. The third-order valence-electron chi connectivity index (χ3n) is 9.15. The van der Waals surface area contributed by atoms with Crippen molar-refractivity contribution in [1.82, 2.24) is 9.80 Å². The number of rotatable bonds is 1. The minimum absolute atomic E-state index is 0.0140. The number of benzene rings is 2. The average Bonchev–Trinajstić information content (AvgIpc) is 3.16. The third kappa shape index (κ3) is 2.89. The van der Waals surface area contributed by atoms with Gasteiger partial charge in [-0.3, -0.25) is 4.79 Å². The first-order chi connectivity index (χ1) is 16.7. The van der Waals surface area contributed by atoms with Crippen molar-refractivity contribution < 1.29 is 19.7 Å². The lowest BCUT2D eigenvalue weighted by Gasteiger charge is -2.65. The van der Waals surface area contributed by atoms with Crippen molar-refractivity contribution in [3.8, 4) is 23.3 Å². The van der Waals surface area contributed by atoms with Gasteiger partial charge in [0.2, 0.25) is 0 Å². The Balaban J connectivity index is 1.43. The van der Waals surface area contributed by atoms with Crippen LogP contribution in [0.5, 0.6) is 11.5 Å². The van der Waals surface area contributed by atoms with E-state index in [0.29, 0.717) is 18.6 Å². The second-order valence-corrected chi connectivity index (χ2v) is 11.0. The van der Waals surface area contributed by atoms with Crippen LogP contribution < -0.4 is 4.74 Å². The van der Waals surface area contributed by atoms with Crippen LogP contribution in [0.15, 0.2) is 36.4 Å². The topological polar surface area (TPSA) is 73.2 Å². The summed E-state index contributed by atoms with van der Waals surface area (Å²) in [7, 11) is 3.87. The fraction of sp³-hybridized carbons (Fsp3) is 0.483. The normalized spacial score (nSPS) is 34.3. The summed E-state index contributed by atoms with van der Waals surface area (Å²) in [4.78, 5) is 17.3. The lowest BCUT2D eigenvalue weighted by Crippen LogP contribution is -2.79. The Morgan fingerprint density at radius 3 is 2.86 bits per heavy atom. The van der Waals surface area contributed by atoms with Gasteiger partial charge in [-0.1, -0.05) is 31.0 Å². The number of phenols is 1. The van der Waals surface area contributed by atoms with E-state index in [4.69, 9.17) is 4.74 Å². The first-order valence-electron chi connectivity index (χ1n) is 12.5. The van der Waals surface area contributed by atoms with E-state index in [9.17, 15) is 15.0 Å². The highest BCUT2D eigenvalue weighted by molar-refractivity contribution is 5.94. The van der Waals surface area contributed by atoms with Gasteiger partial charge in [0.1, 0.15) is 6.10 Å². The number of hydrogen-bond donors (Lipinski definition) is 2. The van der Waals surface area contributed by atoms with E-state index in [0.717, 1.165) is 35.2 Å². The molecule has 1 amide bonds. The molecule has 2 aromatic rings. The zero-order chi connectivity index (χ0) is 24.7. The van der Waals surface area contributed by atoms with Crippen LogP contribution in [0.1, 0.15) is 42.0 Å². The number of likely N-dealkylation sites (tertiary alicyclic amines) is 1. The van der Waals surface area contributed by atoms with Crippen molar-refractivity contribution in [2.45, 2.75) is 62.3 Å². The van der Waals surface area contributed by atoms with E-state index in [-0.39, 0.29) is 29.7 Å². The second kappa shape index (κ2) is 7.49. The highest BCUT2D eigenvalue weighted by Gasteiger charge is 2.74. The van der Waals surface area contributed by atoms with Crippen molar-refractivity contribution in [1.29, 1.82) is 0 Å². The molecule has 1 spiro atoms. The summed E-state index contributed by atoms with van der Waals surface area (Å²) in [5.41, 5.74) is 2.33. The molecule has 0 radical (unpaired) electrons. The molecule has 1 saturated carbocycles. The summed E-state index contributed by atoms with van der Waals surface area (Å²) in [6.45, 7) is 4.92. The van der Waals surface area contributed by atoms with Crippen molar-refractivity contribution in [3.63, 3.8) is 0 Å². The Morgan fingerprint density at radius 1 is 1.29 bits per heavy atom. The lowest BCUT2D eigenvalue weighted by molar-refractivity contribution is -0.208. The van der Waals surface area contributed by atoms with E-state index in [1.807, 2.05) is 37.3 Å². The molecule has 6 nitrogen and oxygen atoms in total. The number of nitrogens with zero attached hydrogens (tertiary/aromatic N) is 2. The molecule has 1 saturated heterocycles. The van der Waals surface area contributed by atoms with E-state index in [1.165, 1.54) is 0 Å². The summed E-state index contributed by atoms with van der Waals surface area (Å²) >= 11 is 0. The van der Waals surface area contributed by atoms with Gasteiger partial charge in [-0.25, -0.2) is 0 Å². The largest absolute Gasteiger partial charge is 0.504 e. The zero-order valence-electron chi connectivity index (χ0n) is 20.7. The second-order valence-electron chi connectivity index (χ2n) is 11.0. The van der Waals surface area contributed by atoms with Gasteiger partial charge in [0.25, 0.3) is 5.91 Å². The summed E-state index contributed by atoms with van der Waals surface area (Å²) in [5, 5.41) is 23.2. The number of aryl methyl sites for hydroxylation is 1. The molecule has 4 aliphatic rings. The van der Waals surface area contributed by atoms with Gasteiger partial charge in [-0.05, 0) is 75.0 Å². The smallest absolute Gasteiger partial charge is 0.298 e. The maximum absolute atomic E-state index is 13.3. The van der Waals surface area contributed by atoms with Gasteiger partial charge in [0.15, 0.2) is 11.5 Å². The highest BCUT2D eigenvalue weighted by Crippen LogP contribution is 2.66. The van der Waals surface area contributed by atoms with Crippen LogP contribution in [-0.4, -0.2) is 70.3 Å². The summed E-state index contributed by atoms with van der Waals surface area (Å²) < 4.78 is 6.57. The van der Waals surface area contributed by atoms with Gasteiger partial charge in [-0.15, -0.1) is 0 Å². The molecule has 2 fully saturated rings.